The molecule has 7 heteroatoms. The van der Waals surface area contributed by atoms with Gasteiger partial charge in [0.2, 0.25) is 0 Å². The van der Waals surface area contributed by atoms with Gasteiger partial charge in [0.05, 0.1) is 19.8 Å². The molecule has 4 aromatic rings. The molecule has 0 fully saturated rings. The summed E-state index contributed by atoms with van der Waals surface area (Å²) in [5.74, 6) is 0.673. The topological polar surface area (TPSA) is 85.9 Å². The van der Waals surface area contributed by atoms with Crippen LogP contribution >= 0.6 is 0 Å². The third-order valence-corrected chi connectivity index (χ3v) is 5.51. The van der Waals surface area contributed by atoms with E-state index in [0.717, 1.165) is 16.3 Å². The SMILES string of the molecule is COc1ccc(NC(=O)COc2cc3ccccc3cc2C(=O)Nc2ccccc2C)cc1OC. The first kappa shape index (κ1) is 23.6. The molecule has 0 bridgehead atoms. The normalized spacial score (nSPS) is 10.5. The lowest BCUT2D eigenvalue weighted by Gasteiger charge is -2.15. The molecule has 0 saturated heterocycles. The van der Waals surface area contributed by atoms with Gasteiger partial charge in [0.15, 0.2) is 18.1 Å². The molecule has 0 aliphatic heterocycles. The highest BCUT2D eigenvalue weighted by Gasteiger charge is 2.17. The highest BCUT2D eigenvalue weighted by Crippen LogP contribution is 2.30. The van der Waals surface area contributed by atoms with Gasteiger partial charge < -0.3 is 24.8 Å². The predicted octanol–water partition coefficient (Wildman–Crippen LogP) is 5.44. The van der Waals surface area contributed by atoms with Crippen LogP contribution in [0.1, 0.15) is 15.9 Å². The quantitative estimate of drug-likeness (QED) is 0.358. The van der Waals surface area contributed by atoms with Crippen molar-refractivity contribution in [1.82, 2.24) is 0 Å². The Morgan fingerprint density at radius 3 is 2.14 bits per heavy atom. The molecule has 4 aromatic carbocycles. The molecule has 2 N–H and O–H groups in total. The Kier molecular flexibility index (Phi) is 7.16. The van der Waals surface area contributed by atoms with Crippen molar-refractivity contribution in [2.24, 2.45) is 0 Å². The summed E-state index contributed by atoms with van der Waals surface area (Å²) in [6, 6.07) is 23.8. The van der Waals surface area contributed by atoms with Gasteiger partial charge in [-0.25, -0.2) is 0 Å². The minimum atomic E-state index is -0.379. The van der Waals surface area contributed by atoms with Crippen LogP contribution in [0, 0.1) is 6.92 Å². The fraction of sp³-hybridized carbons (Fsp3) is 0.143. The van der Waals surface area contributed by atoms with Crippen LogP contribution in [0.5, 0.6) is 17.2 Å². The molecule has 4 rings (SSSR count). The monoisotopic (exact) mass is 470 g/mol. The van der Waals surface area contributed by atoms with Crippen molar-refractivity contribution >= 4 is 34.0 Å². The van der Waals surface area contributed by atoms with Crippen molar-refractivity contribution in [3.8, 4) is 17.2 Å². The maximum atomic E-state index is 13.2. The Balaban J connectivity index is 1.54. The summed E-state index contributed by atoms with van der Waals surface area (Å²) in [5, 5.41) is 7.50. The van der Waals surface area contributed by atoms with E-state index in [0.29, 0.717) is 34.2 Å². The van der Waals surface area contributed by atoms with Crippen LogP contribution < -0.4 is 24.8 Å². The summed E-state index contributed by atoms with van der Waals surface area (Å²) in [6.07, 6.45) is 0. The molecule has 0 atom stereocenters. The number of hydrogen-bond acceptors (Lipinski definition) is 5. The number of nitrogens with one attached hydrogen (secondary N) is 2. The number of rotatable bonds is 8. The van der Waals surface area contributed by atoms with E-state index in [2.05, 4.69) is 10.6 Å². The predicted molar refractivity (Wildman–Crippen MR) is 137 cm³/mol. The lowest BCUT2D eigenvalue weighted by Crippen LogP contribution is -2.22. The highest BCUT2D eigenvalue weighted by molar-refractivity contribution is 6.09. The number of para-hydroxylation sites is 1. The zero-order valence-electron chi connectivity index (χ0n) is 19.8. The smallest absolute Gasteiger partial charge is 0.262 e. The fourth-order valence-electron chi connectivity index (χ4n) is 3.67. The van der Waals surface area contributed by atoms with E-state index in [1.807, 2.05) is 55.5 Å². The summed E-state index contributed by atoms with van der Waals surface area (Å²) >= 11 is 0. The third-order valence-electron chi connectivity index (χ3n) is 5.51. The van der Waals surface area contributed by atoms with Gasteiger partial charge in [0.25, 0.3) is 11.8 Å². The van der Waals surface area contributed by atoms with Crippen LogP contribution in [0.2, 0.25) is 0 Å². The van der Waals surface area contributed by atoms with Crippen LogP contribution in [0.15, 0.2) is 78.9 Å². The summed E-state index contributed by atoms with van der Waals surface area (Å²) in [7, 11) is 3.07. The summed E-state index contributed by atoms with van der Waals surface area (Å²) in [4.78, 5) is 25.8. The largest absolute Gasteiger partial charge is 0.493 e. The van der Waals surface area contributed by atoms with Crippen molar-refractivity contribution < 1.29 is 23.8 Å². The summed E-state index contributed by atoms with van der Waals surface area (Å²) < 4.78 is 16.3. The van der Waals surface area contributed by atoms with Crippen molar-refractivity contribution in [3.05, 3.63) is 90.0 Å². The third kappa shape index (κ3) is 5.52. The minimum absolute atomic E-state index is 0.280. The number of ether oxygens (including phenoxy) is 3. The molecule has 0 aliphatic carbocycles. The second kappa shape index (κ2) is 10.6. The van der Waals surface area contributed by atoms with Gasteiger partial charge in [-0.2, -0.15) is 0 Å². The van der Waals surface area contributed by atoms with E-state index >= 15 is 0 Å². The molecule has 0 radical (unpaired) electrons. The van der Waals surface area contributed by atoms with Crippen molar-refractivity contribution in [2.75, 3.05) is 31.5 Å². The fourth-order valence-corrected chi connectivity index (χ4v) is 3.67. The average Bonchev–Trinajstić information content (AvgIpc) is 2.88. The van der Waals surface area contributed by atoms with Gasteiger partial charge in [0, 0.05) is 17.4 Å². The molecule has 178 valence electrons. The van der Waals surface area contributed by atoms with E-state index in [9.17, 15) is 9.59 Å². The molecule has 0 unspecified atom stereocenters. The molecular formula is C28H26N2O5. The Morgan fingerprint density at radius 1 is 0.743 bits per heavy atom. The molecule has 0 aliphatic rings. The van der Waals surface area contributed by atoms with Crippen molar-refractivity contribution in [2.45, 2.75) is 6.92 Å². The highest BCUT2D eigenvalue weighted by atomic mass is 16.5. The molecule has 35 heavy (non-hydrogen) atoms. The molecule has 0 saturated carbocycles. The zero-order chi connectivity index (χ0) is 24.8. The number of carbonyl (C=O) groups is 2. The lowest BCUT2D eigenvalue weighted by molar-refractivity contribution is -0.118. The zero-order valence-corrected chi connectivity index (χ0v) is 19.8. The minimum Gasteiger partial charge on any atom is -0.493 e. The summed E-state index contributed by atoms with van der Waals surface area (Å²) in [6.45, 7) is 1.64. The lowest BCUT2D eigenvalue weighted by atomic mass is 10.0. The van der Waals surface area contributed by atoms with Gasteiger partial charge in [0.1, 0.15) is 5.75 Å². The van der Waals surface area contributed by atoms with Gasteiger partial charge in [-0.05, 0) is 53.6 Å². The first-order valence-electron chi connectivity index (χ1n) is 11.0. The van der Waals surface area contributed by atoms with Crippen LogP contribution in [0.4, 0.5) is 11.4 Å². The molecular weight excluding hydrogens is 444 g/mol. The Hall–Kier alpha value is -4.52. The second-order valence-electron chi connectivity index (χ2n) is 7.87. The Bertz CT molecular complexity index is 1380. The number of aryl methyl sites for hydroxylation is 1. The maximum Gasteiger partial charge on any atom is 0.262 e. The number of benzene rings is 4. The van der Waals surface area contributed by atoms with Crippen molar-refractivity contribution in [1.29, 1.82) is 0 Å². The number of carbonyl (C=O) groups excluding carboxylic acids is 2. The van der Waals surface area contributed by atoms with E-state index in [-0.39, 0.29) is 18.4 Å². The van der Waals surface area contributed by atoms with Gasteiger partial charge in [-0.15, -0.1) is 0 Å². The number of anilines is 2. The van der Waals surface area contributed by atoms with Crippen LogP contribution in [0.25, 0.3) is 10.8 Å². The summed E-state index contributed by atoms with van der Waals surface area (Å²) in [5.41, 5.74) is 2.53. The molecule has 2 amide bonds. The van der Waals surface area contributed by atoms with Crippen molar-refractivity contribution in [3.63, 3.8) is 0 Å². The Labute approximate surface area is 203 Å². The maximum absolute atomic E-state index is 13.2. The van der Waals surface area contributed by atoms with E-state index in [4.69, 9.17) is 14.2 Å². The van der Waals surface area contributed by atoms with Crippen LogP contribution in [-0.4, -0.2) is 32.6 Å². The first-order valence-corrected chi connectivity index (χ1v) is 11.0. The first-order chi connectivity index (χ1) is 17.0. The second-order valence-corrected chi connectivity index (χ2v) is 7.87. The number of hydrogen-bond donors (Lipinski definition) is 2. The molecule has 0 aromatic heterocycles. The van der Waals surface area contributed by atoms with Gasteiger partial charge >= 0.3 is 0 Å². The molecule has 7 nitrogen and oxygen atoms in total. The van der Waals surface area contributed by atoms with Gasteiger partial charge in [-0.1, -0.05) is 42.5 Å². The molecule has 0 spiro atoms. The number of methoxy groups -OCH3 is 2. The molecule has 0 heterocycles. The Morgan fingerprint density at radius 2 is 1.43 bits per heavy atom. The standard InChI is InChI=1S/C28H26N2O5/c1-18-8-4-7-11-23(18)30-28(32)22-14-19-9-5-6-10-20(19)15-25(22)35-17-27(31)29-21-12-13-24(33-2)26(16-21)34-3/h4-16H,17H2,1-3H3,(H,29,31)(H,30,32). The number of amides is 2. The number of fused-ring (bicyclic) bond motifs is 1. The van der Waals surface area contributed by atoms with E-state index in [1.54, 1.807) is 37.4 Å². The van der Waals surface area contributed by atoms with E-state index < -0.39 is 0 Å². The van der Waals surface area contributed by atoms with E-state index in [1.165, 1.54) is 7.11 Å². The average molecular weight is 471 g/mol. The van der Waals surface area contributed by atoms with Gasteiger partial charge in [-0.3, -0.25) is 9.59 Å². The van der Waals surface area contributed by atoms with Crippen LogP contribution in [-0.2, 0) is 4.79 Å². The van der Waals surface area contributed by atoms with Crippen LogP contribution in [0.3, 0.4) is 0 Å².